The third-order valence-corrected chi connectivity index (χ3v) is 10.7. The van der Waals surface area contributed by atoms with Crippen molar-refractivity contribution in [2.45, 2.75) is 38.5 Å². The van der Waals surface area contributed by atoms with Crippen molar-refractivity contribution in [2.24, 2.45) is 10.8 Å². The first-order valence-corrected chi connectivity index (χ1v) is 15.7. The number of ether oxygens (including phenoxy) is 1. The average molecular weight is 610 g/mol. The molecule has 1 amide bonds. The molecule has 1 aliphatic carbocycles. The Balaban J connectivity index is 0.944. The maximum absolute atomic E-state index is 13.9. The molecule has 11 heteroatoms. The summed E-state index contributed by atoms with van der Waals surface area (Å²) in [4.78, 5) is 41.2. The normalized spacial score (nSPS) is 23.5. The van der Waals surface area contributed by atoms with E-state index in [1.807, 2.05) is 36.2 Å². The molecule has 4 aliphatic rings. The van der Waals surface area contributed by atoms with E-state index in [1.165, 1.54) is 13.2 Å². The maximum Gasteiger partial charge on any atom is 0.356 e. The van der Waals surface area contributed by atoms with E-state index in [1.54, 1.807) is 16.6 Å². The molecule has 10 nitrogen and oxygen atoms in total. The Labute approximate surface area is 260 Å². The van der Waals surface area contributed by atoms with E-state index in [9.17, 15) is 14.0 Å². The molecule has 1 aromatic carbocycles. The molecule has 3 saturated heterocycles. The molecule has 0 N–H and O–H groups in total. The van der Waals surface area contributed by atoms with Crippen molar-refractivity contribution in [1.29, 1.82) is 0 Å². The summed E-state index contributed by atoms with van der Waals surface area (Å²) in [6, 6.07) is 14.6. The van der Waals surface area contributed by atoms with E-state index in [2.05, 4.69) is 37.0 Å². The number of esters is 1. The molecule has 45 heavy (non-hydrogen) atoms. The molecule has 4 fully saturated rings. The number of pyridine rings is 2. The first-order chi connectivity index (χ1) is 21.7. The van der Waals surface area contributed by atoms with Crippen LogP contribution < -0.4 is 9.80 Å². The lowest BCUT2D eigenvalue weighted by Crippen LogP contribution is -2.63. The van der Waals surface area contributed by atoms with Crippen LogP contribution in [-0.2, 0) is 4.74 Å². The molecule has 0 unspecified atom stereocenters. The highest BCUT2D eigenvalue weighted by Crippen LogP contribution is 2.58. The van der Waals surface area contributed by atoms with Crippen molar-refractivity contribution in [2.75, 3.05) is 56.2 Å². The Bertz CT molecular complexity index is 1840. The highest BCUT2D eigenvalue weighted by atomic mass is 19.1. The number of carbonyl (C=O) groups is 2. The van der Waals surface area contributed by atoms with Gasteiger partial charge in [-0.05, 0) is 80.0 Å². The van der Waals surface area contributed by atoms with E-state index in [0.717, 1.165) is 74.5 Å². The van der Waals surface area contributed by atoms with Gasteiger partial charge in [-0.1, -0.05) is 18.2 Å². The van der Waals surface area contributed by atoms with Crippen LogP contribution in [0.3, 0.4) is 0 Å². The summed E-state index contributed by atoms with van der Waals surface area (Å²) in [7, 11) is 1.35. The highest BCUT2D eigenvalue weighted by molar-refractivity contribution is 5.91. The van der Waals surface area contributed by atoms with Gasteiger partial charge in [0.05, 0.1) is 19.0 Å². The number of amides is 1. The van der Waals surface area contributed by atoms with E-state index in [0.29, 0.717) is 30.3 Å². The lowest BCUT2D eigenvalue weighted by Gasteiger charge is -2.61. The first kappa shape index (κ1) is 28.0. The minimum absolute atomic E-state index is 0.0286. The van der Waals surface area contributed by atoms with E-state index in [-0.39, 0.29) is 28.4 Å². The fraction of sp³-hybridized carbons (Fsp3) is 0.441. The van der Waals surface area contributed by atoms with Gasteiger partial charge in [0.15, 0.2) is 11.3 Å². The molecular weight excluding hydrogens is 573 g/mol. The second kappa shape index (κ2) is 10.3. The smallest absolute Gasteiger partial charge is 0.356 e. The van der Waals surface area contributed by atoms with Gasteiger partial charge in [-0.15, -0.1) is 5.10 Å². The van der Waals surface area contributed by atoms with E-state index >= 15 is 0 Å². The molecule has 8 rings (SSSR count). The van der Waals surface area contributed by atoms with E-state index in [4.69, 9.17) is 4.74 Å². The van der Waals surface area contributed by atoms with Gasteiger partial charge in [0, 0.05) is 50.1 Å². The molecule has 2 spiro atoms. The van der Waals surface area contributed by atoms with Crippen molar-refractivity contribution in [3.63, 3.8) is 0 Å². The van der Waals surface area contributed by atoms with Crippen molar-refractivity contribution in [3.8, 4) is 0 Å². The van der Waals surface area contributed by atoms with Gasteiger partial charge < -0.3 is 19.4 Å². The standard InChI is InChI=1S/C34H36FN7O3/c1-22-15-25(41-20-34(21-41)10-9-26(34)23-5-3-6-24(35)16-23)17-42-30(22)37-29(38-42)31(43)40-14-12-33(19-40)11-13-39(18-33)28-8-4-7-27(36-28)32(44)45-2/h3-8,15-17,26H,9-14,18-21H2,1-2H3/t26-,33+/m0/s1. The Hall–Kier alpha value is -4.54. The molecule has 0 bridgehead atoms. The second-order valence-corrected chi connectivity index (χ2v) is 13.5. The van der Waals surface area contributed by atoms with Crippen LogP contribution in [0.2, 0.25) is 0 Å². The summed E-state index contributed by atoms with van der Waals surface area (Å²) in [5, 5.41) is 4.66. The van der Waals surface area contributed by atoms with Gasteiger partial charge in [0.2, 0.25) is 5.82 Å². The van der Waals surface area contributed by atoms with Crippen LogP contribution in [0.1, 0.15) is 63.8 Å². The highest BCUT2D eigenvalue weighted by Gasteiger charge is 2.55. The molecule has 4 aromatic rings. The number of nitrogens with zero attached hydrogens (tertiary/aromatic N) is 7. The van der Waals surface area contributed by atoms with Crippen LogP contribution in [0.5, 0.6) is 0 Å². The lowest BCUT2D eigenvalue weighted by atomic mass is 9.53. The molecule has 232 valence electrons. The Morgan fingerprint density at radius 1 is 0.956 bits per heavy atom. The Kier molecular flexibility index (Phi) is 6.37. The largest absolute Gasteiger partial charge is 0.464 e. The predicted molar refractivity (Wildman–Crippen MR) is 166 cm³/mol. The van der Waals surface area contributed by atoms with Gasteiger partial charge in [-0.2, -0.15) is 0 Å². The summed E-state index contributed by atoms with van der Waals surface area (Å²) >= 11 is 0. The van der Waals surface area contributed by atoms with Crippen molar-refractivity contribution < 1.29 is 18.7 Å². The molecule has 1 saturated carbocycles. The number of hydrogen-bond donors (Lipinski definition) is 0. The molecule has 2 atom stereocenters. The number of aryl methyl sites for hydroxylation is 1. The number of carbonyl (C=O) groups excluding carboxylic acids is 2. The van der Waals surface area contributed by atoms with Crippen LogP contribution in [0.25, 0.3) is 5.65 Å². The minimum atomic E-state index is -0.452. The van der Waals surface area contributed by atoms with Crippen LogP contribution in [0, 0.1) is 23.6 Å². The molecule has 3 aliphatic heterocycles. The monoisotopic (exact) mass is 609 g/mol. The molecular formula is C34H36FN7O3. The zero-order valence-electron chi connectivity index (χ0n) is 25.6. The summed E-state index contributed by atoms with van der Waals surface area (Å²) in [6.07, 6.45) is 6.07. The lowest BCUT2D eigenvalue weighted by molar-refractivity contribution is 0.0518. The zero-order chi connectivity index (χ0) is 30.9. The summed E-state index contributed by atoms with van der Waals surface area (Å²) < 4.78 is 20.5. The topological polar surface area (TPSA) is 96.2 Å². The minimum Gasteiger partial charge on any atom is -0.464 e. The van der Waals surface area contributed by atoms with Crippen molar-refractivity contribution >= 4 is 29.0 Å². The van der Waals surface area contributed by atoms with E-state index < -0.39 is 5.97 Å². The fourth-order valence-electron chi connectivity index (χ4n) is 8.14. The summed E-state index contributed by atoms with van der Waals surface area (Å²) in [5.41, 5.74) is 4.29. The third-order valence-electron chi connectivity index (χ3n) is 10.7. The molecule has 0 radical (unpaired) electrons. The van der Waals surface area contributed by atoms with Crippen LogP contribution in [0.15, 0.2) is 54.7 Å². The number of likely N-dealkylation sites (tertiary alicyclic amines) is 1. The molecule has 6 heterocycles. The van der Waals surface area contributed by atoms with Crippen LogP contribution in [0.4, 0.5) is 15.9 Å². The number of rotatable bonds is 5. The van der Waals surface area contributed by atoms with Crippen molar-refractivity contribution in [1.82, 2.24) is 24.5 Å². The van der Waals surface area contributed by atoms with Gasteiger partial charge in [0.25, 0.3) is 5.91 Å². The SMILES string of the molecule is COC(=O)c1cccc(N2CC[C@@]3(CCN(C(=O)c4nc5c(C)cc(N6CC7(CC[C@H]7c7cccc(F)c7)C6)cn5n4)C3)C2)n1. The number of methoxy groups -OCH3 is 1. The van der Waals surface area contributed by atoms with Crippen LogP contribution >= 0.6 is 0 Å². The second-order valence-electron chi connectivity index (χ2n) is 13.5. The Morgan fingerprint density at radius 3 is 2.56 bits per heavy atom. The van der Waals surface area contributed by atoms with Gasteiger partial charge >= 0.3 is 5.97 Å². The zero-order valence-corrected chi connectivity index (χ0v) is 25.6. The Morgan fingerprint density at radius 2 is 1.78 bits per heavy atom. The quantitative estimate of drug-likeness (QED) is 0.306. The van der Waals surface area contributed by atoms with Crippen molar-refractivity contribution in [3.05, 3.63) is 83.2 Å². The summed E-state index contributed by atoms with van der Waals surface area (Å²) in [5.74, 6) is 0.602. The number of hydrogen-bond acceptors (Lipinski definition) is 8. The number of benzene rings is 1. The third kappa shape index (κ3) is 4.62. The average Bonchev–Trinajstić information content (AvgIpc) is 3.74. The predicted octanol–water partition coefficient (Wildman–Crippen LogP) is 4.49. The first-order valence-electron chi connectivity index (χ1n) is 15.7. The number of aromatic nitrogens is 4. The number of halogens is 1. The van der Waals surface area contributed by atoms with Gasteiger partial charge in [0.1, 0.15) is 11.6 Å². The number of fused-ring (bicyclic) bond motifs is 1. The van der Waals surface area contributed by atoms with Crippen LogP contribution in [-0.4, -0.2) is 82.7 Å². The van der Waals surface area contributed by atoms with Gasteiger partial charge in [-0.3, -0.25) is 4.79 Å². The molecule has 3 aromatic heterocycles. The maximum atomic E-state index is 13.9. The fourth-order valence-corrected chi connectivity index (χ4v) is 8.14. The number of anilines is 2. The van der Waals surface area contributed by atoms with Gasteiger partial charge in [-0.25, -0.2) is 23.7 Å². The summed E-state index contributed by atoms with van der Waals surface area (Å²) in [6.45, 7) is 6.74.